The molecule has 0 aromatic carbocycles. The van der Waals surface area contributed by atoms with E-state index in [9.17, 15) is 26.7 Å². The van der Waals surface area contributed by atoms with Crippen molar-refractivity contribution in [2.75, 3.05) is 13.3 Å². The Labute approximate surface area is 113 Å². The zero-order chi connectivity index (χ0) is 15.2. The molecule has 0 heterocycles. The highest BCUT2D eigenvalue weighted by molar-refractivity contribution is 5.78. The van der Waals surface area contributed by atoms with Crippen molar-refractivity contribution >= 4 is 5.97 Å². The molecule has 0 N–H and O–H groups in total. The Morgan fingerprint density at radius 3 is 2.40 bits per heavy atom. The van der Waals surface area contributed by atoms with Gasteiger partial charge in [-0.2, -0.15) is 17.6 Å². The Kier molecular flexibility index (Phi) is 3.59. The van der Waals surface area contributed by atoms with Crippen LogP contribution in [-0.2, 0) is 9.53 Å². The average Bonchev–Trinajstić information content (AvgIpc) is 2.96. The first-order valence-electron chi connectivity index (χ1n) is 6.29. The van der Waals surface area contributed by atoms with Gasteiger partial charge < -0.3 is 4.74 Å². The van der Waals surface area contributed by atoms with Crippen molar-refractivity contribution in [2.45, 2.75) is 31.6 Å². The number of alkyl halides is 5. The Morgan fingerprint density at radius 1 is 1.30 bits per heavy atom. The summed E-state index contributed by atoms with van der Waals surface area (Å²) in [7, 11) is 0. The number of carbonyl (C=O) groups is 1. The highest BCUT2D eigenvalue weighted by atomic mass is 19.3. The SMILES string of the molecule is CC1(C(=O)OCC(F)(F)C(F)(F)CF)CC2C=CC1C2. The summed E-state index contributed by atoms with van der Waals surface area (Å²) in [6.45, 7) is -2.73. The summed E-state index contributed by atoms with van der Waals surface area (Å²) in [5.41, 5.74) is -0.958. The van der Waals surface area contributed by atoms with Crippen LogP contribution in [0.1, 0.15) is 19.8 Å². The van der Waals surface area contributed by atoms with Gasteiger partial charge in [-0.15, -0.1) is 0 Å². The molecule has 3 unspecified atom stereocenters. The van der Waals surface area contributed by atoms with Crippen molar-refractivity contribution in [1.82, 2.24) is 0 Å². The molecule has 1 fully saturated rings. The van der Waals surface area contributed by atoms with Crippen LogP contribution in [0.4, 0.5) is 22.0 Å². The quantitative estimate of drug-likeness (QED) is 0.442. The van der Waals surface area contributed by atoms with Crippen molar-refractivity contribution in [2.24, 2.45) is 17.3 Å². The fourth-order valence-corrected chi connectivity index (χ4v) is 2.85. The molecule has 0 aromatic heterocycles. The Bertz CT molecular complexity index is 434. The first-order valence-corrected chi connectivity index (χ1v) is 6.29. The van der Waals surface area contributed by atoms with Crippen LogP contribution < -0.4 is 0 Å². The largest absolute Gasteiger partial charge is 0.459 e. The molecule has 3 atom stereocenters. The number of fused-ring (bicyclic) bond motifs is 2. The van der Waals surface area contributed by atoms with Crippen LogP contribution in [0.25, 0.3) is 0 Å². The Balaban J connectivity index is 1.98. The number of ether oxygens (including phenoxy) is 1. The predicted octanol–water partition coefficient (Wildman–Crippen LogP) is 3.37. The second-order valence-corrected chi connectivity index (χ2v) is 5.73. The number of halogens is 5. The van der Waals surface area contributed by atoms with Crippen LogP contribution in [0.3, 0.4) is 0 Å². The first-order chi connectivity index (χ1) is 9.12. The summed E-state index contributed by atoms with van der Waals surface area (Å²) in [4.78, 5) is 11.9. The number of hydrogen-bond acceptors (Lipinski definition) is 2. The molecule has 0 aliphatic heterocycles. The van der Waals surface area contributed by atoms with Gasteiger partial charge in [0.15, 0.2) is 13.3 Å². The topological polar surface area (TPSA) is 26.3 Å². The van der Waals surface area contributed by atoms with Crippen molar-refractivity contribution < 1.29 is 31.5 Å². The third kappa shape index (κ3) is 2.31. The maximum atomic E-state index is 13.1. The van der Waals surface area contributed by atoms with E-state index in [0.29, 0.717) is 6.42 Å². The lowest BCUT2D eigenvalue weighted by atomic mass is 9.78. The number of carbonyl (C=O) groups excluding carboxylic acids is 1. The van der Waals surface area contributed by atoms with Gasteiger partial charge in [-0.1, -0.05) is 12.2 Å². The number of allylic oxidation sites excluding steroid dienone is 2. The first kappa shape index (κ1) is 15.3. The van der Waals surface area contributed by atoms with E-state index >= 15 is 0 Å². The van der Waals surface area contributed by atoms with Crippen molar-refractivity contribution in [3.63, 3.8) is 0 Å². The molecule has 1 saturated carbocycles. The Hall–Kier alpha value is -1.14. The molecule has 7 heteroatoms. The van der Waals surface area contributed by atoms with Crippen LogP contribution in [0.2, 0.25) is 0 Å². The van der Waals surface area contributed by atoms with Gasteiger partial charge in [-0.05, 0) is 31.6 Å². The molecule has 0 saturated heterocycles. The summed E-state index contributed by atoms with van der Waals surface area (Å²) in [6, 6.07) is 0. The smallest absolute Gasteiger partial charge is 0.346 e. The second kappa shape index (κ2) is 4.70. The zero-order valence-corrected chi connectivity index (χ0v) is 10.8. The van der Waals surface area contributed by atoms with Gasteiger partial charge in [0.05, 0.1) is 5.41 Å². The van der Waals surface area contributed by atoms with E-state index in [-0.39, 0.29) is 11.8 Å². The number of esters is 1. The molecule has 114 valence electrons. The van der Waals surface area contributed by atoms with Gasteiger partial charge in [0.2, 0.25) is 0 Å². The fraction of sp³-hybridized carbons (Fsp3) is 0.769. The van der Waals surface area contributed by atoms with Crippen molar-refractivity contribution in [3.8, 4) is 0 Å². The lowest BCUT2D eigenvalue weighted by Gasteiger charge is -2.30. The van der Waals surface area contributed by atoms with Gasteiger partial charge in [-0.25, -0.2) is 4.39 Å². The number of hydrogen-bond donors (Lipinski definition) is 0. The van der Waals surface area contributed by atoms with Crippen molar-refractivity contribution in [3.05, 3.63) is 12.2 Å². The summed E-state index contributed by atoms with van der Waals surface area (Å²) in [5.74, 6) is -10.4. The van der Waals surface area contributed by atoms with E-state index in [1.165, 1.54) is 0 Å². The molecule has 20 heavy (non-hydrogen) atoms. The normalized spacial score (nSPS) is 32.7. The molecule has 0 aromatic rings. The third-order valence-corrected chi connectivity index (χ3v) is 4.23. The lowest BCUT2D eigenvalue weighted by molar-refractivity contribution is -0.238. The molecule has 0 radical (unpaired) electrons. The molecule has 0 spiro atoms. The fourth-order valence-electron chi connectivity index (χ4n) is 2.85. The minimum atomic E-state index is -4.83. The summed E-state index contributed by atoms with van der Waals surface area (Å²) in [6.07, 6.45) is 4.97. The van der Waals surface area contributed by atoms with E-state index in [1.54, 1.807) is 6.92 Å². The maximum Gasteiger partial charge on any atom is 0.346 e. The summed E-state index contributed by atoms with van der Waals surface area (Å²) in [5, 5.41) is 0. The molecular formula is C13H15F5O2. The zero-order valence-electron chi connectivity index (χ0n) is 10.8. The standard InChI is InChI=1S/C13H15F5O2/c1-11(5-8-2-3-9(11)4-8)10(19)20-7-13(17,18)12(15,16)6-14/h2-3,8-9H,4-7H2,1H3. The molecule has 0 amide bonds. The van der Waals surface area contributed by atoms with E-state index < -0.39 is 36.5 Å². The second-order valence-electron chi connectivity index (χ2n) is 5.73. The molecule has 2 aliphatic rings. The average molecular weight is 298 g/mol. The van der Waals surface area contributed by atoms with Gasteiger partial charge in [-0.3, -0.25) is 4.79 Å². The third-order valence-electron chi connectivity index (χ3n) is 4.23. The number of rotatable bonds is 5. The van der Waals surface area contributed by atoms with E-state index in [2.05, 4.69) is 4.74 Å². The van der Waals surface area contributed by atoms with Gasteiger partial charge in [0, 0.05) is 0 Å². The van der Waals surface area contributed by atoms with E-state index in [0.717, 1.165) is 6.42 Å². The molecule has 2 bridgehead atoms. The van der Waals surface area contributed by atoms with Gasteiger partial charge >= 0.3 is 17.8 Å². The maximum absolute atomic E-state index is 13.1. The van der Waals surface area contributed by atoms with Crippen LogP contribution >= 0.6 is 0 Å². The minimum absolute atomic E-state index is 0.115. The van der Waals surface area contributed by atoms with Crippen LogP contribution in [0, 0.1) is 17.3 Å². The van der Waals surface area contributed by atoms with Crippen LogP contribution in [-0.4, -0.2) is 31.1 Å². The highest BCUT2D eigenvalue weighted by Gasteiger charge is 2.58. The summed E-state index contributed by atoms with van der Waals surface area (Å²) >= 11 is 0. The van der Waals surface area contributed by atoms with Crippen LogP contribution in [0.15, 0.2) is 12.2 Å². The predicted molar refractivity (Wildman–Crippen MR) is 60.3 cm³/mol. The van der Waals surface area contributed by atoms with Crippen LogP contribution in [0.5, 0.6) is 0 Å². The Morgan fingerprint density at radius 2 is 1.95 bits per heavy atom. The van der Waals surface area contributed by atoms with E-state index in [4.69, 9.17) is 0 Å². The van der Waals surface area contributed by atoms with Gasteiger partial charge in [0.1, 0.15) is 0 Å². The monoisotopic (exact) mass is 298 g/mol. The van der Waals surface area contributed by atoms with E-state index in [1.807, 2.05) is 12.2 Å². The molecule has 2 aliphatic carbocycles. The lowest BCUT2D eigenvalue weighted by Crippen LogP contribution is -2.47. The van der Waals surface area contributed by atoms with Gasteiger partial charge in [0.25, 0.3) is 0 Å². The minimum Gasteiger partial charge on any atom is -0.459 e. The highest BCUT2D eigenvalue weighted by Crippen LogP contribution is 2.52. The molecule has 2 nitrogen and oxygen atoms in total. The molecule has 2 rings (SSSR count). The summed E-state index contributed by atoms with van der Waals surface area (Å²) < 4.78 is 67.8. The molecular weight excluding hydrogens is 283 g/mol. The van der Waals surface area contributed by atoms with Crippen molar-refractivity contribution in [1.29, 1.82) is 0 Å².